The number of hydrogen-bond donors (Lipinski definition) is 0. The van der Waals surface area contributed by atoms with Crippen LogP contribution in [0.2, 0.25) is 0 Å². The van der Waals surface area contributed by atoms with Crippen LogP contribution in [0.15, 0.2) is 49.1 Å². The minimum Gasteiger partial charge on any atom is -0.472 e. The minimum absolute atomic E-state index is 0.00799. The van der Waals surface area contributed by atoms with E-state index in [0.29, 0.717) is 18.8 Å². The van der Waals surface area contributed by atoms with Crippen molar-refractivity contribution in [1.82, 2.24) is 19.4 Å². The highest BCUT2D eigenvalue weighted by molar-refractivity contribution is 5.89. The van der Waals surface area contributed by atoms with E-state index in [1.807, 2.05) is 30.3 Å². The molecule has 6 heteroatoms. The van der Waals surface area contributed by atoms with Crippen molar-refractivity contribution in [2.24, 2.45) is 7.05 Å². The van der Waals surface area contributed by atoms with E-state index >= 15 is 0 Å². The largest absolute Gasteiger partial charge is 0.472 e. The number of fused-ring (bicyclic) bond motifs is 1. The fraction of sp³-hybridized carbons (Fsp3) is 0.316. The molecule has 1 aliphatic rings. The molecule has 2 aromatic heterocycles. The highest BCUT2D eigenvalue weighted by atomic mass is 16.5. The molecule has 3 aromatic rings. The SMILES string of the molecule is Cn1cc(CC(=O)N2CC[C@H](Oc3ccncn3)C2)c2ccccc21. The van der Waals surface area contributed by atoms with Gasteiger partial charge >= 0.3 is 0 Å². The number of hydrogen-bond acceptors (Lipinski definition) is 4. The van der Waals surface area contributed by atoms with E-state index in [-0.39, 0.29) is 12.0 Å². The molecule has 3 heterocycles. The summed E-state index contributed by atoms with van der Waals surface area (Å²) >= 11 is 0. The summed E-state index contributed by atoms with van der Waals surface area (Å²) in [6, 6.07) is 9.91. The van der Waals surface area contributed by atoms with E-state index in [1.165, 1.54) is 6.33 Å². The molecule has 0 saturated carbocycles. The van der Waals surface area contributed by atoms with Crippen molar-refractivity contribution in [3.8, 4) is 5.88 Å². The molecule has 0 bridgehead atoms. The number of rotatable bonds is 4. The van der Waals surface area contributed by atoms with E-state index in [1.54, 1.807) is 12.3 Å². The van der Waals surface area contributed by atoms with Gasteiger partial charge in [0.2, 0.25) is 11.8 Å². The maximum atomic E-state index is 12.7. The Morgan fingerprint density at radius 1 is 1.32 bits per heavy atom. The molecule has 0 N–H and O–H groups in total. The molecule has 1 aromatic carbocycles. The van der Waals surface area contributed by atoms with Crippen LogP contribution in [0.1, 0.15) is 12.0 Å². The Bertz CT molecular complexity index is 891. The topological polar surface area (TPSA) is 60.2 Å². The molecular weight excluding hydrogens is 316 g/mol. The molecule has 25 heavy (non-hydrogen) atoms. The molecule has 1 amide bonds. The fourth-order valence-electron chi connectivity index (χ4n) is 3.41. The van der Waals surface area contributed by atoms with Crippen molar-refractivity contribution in [3.63, 3.8) is 0 Å². The van der Waals surface area contributed by atoms with Crippen LogP contribution in [0.4, 0.5) is 0 Å². The minimum atomic E-state index is -0.00799. The molecular formula is C19H20N4O2. The number of benzene rings is 1. The van der Waals surface area contributed by atoms with Gasteiger partial charge in [-0.2, -0.15) is 0 Å². The second-order valence-electron chi connectivity index (χ2n) is 6.38. The Morgan fingerprint density at radius 2 is 2.20 bits per heavy atom. The second kappa shape index (κ2) is 6.55. The van der Waals surface area contributed by atoms with Crippen molar-refractivity contribution in [3.05, 3.63) is 54.6 Å². The van der Waals surface area contributed by atoms with Gasteiger partial charge < -0.3 is 14.2 Å². The summed E-state index contributed by atoms with van der Waals surface area (Å²) in [5, 5.41) is 1.14. The number of para-hydroxylation sites is 1. The lowest BCUT2D eigenvalue weighted by Crippen LogP contribution is -2.32. The summed E-state index contributed by atoms with van der Waals surface area (Å²) in [6.45, 7) is 1.33. The monoisotopic (exact) mass is 336 g/mol. The molecule has 0 unspecified atom stereocenters. The lowest BCUT2D eigenvalue weighted by Gasteiger charge is -2.16. The number of aryl methyl sites for hydroxylation is 1. The number of likely N-dealkylation sites (tertiary alicyclic amines) is 1. The molecule has 6 nitrogen and oxygen atoms in total. The van der Waals surface area contributed by atoms with Gasteiger partial charge in [0.15, 0.2) is 0 Å². The number of carbonyl (C=O) groups excluding carboxylic acids is 1. The first-order valence-electron chi connectivity index (χ1n) is 8.44. The normalized spacial score (nSPS) is 17.2. The number of nitrogens with zero attached hydrogens (tertiary/aromatic N) is 4. The van der Waals surface area contributed by atoms with Crippen molar-refractivity contribution >= 4 is 16.8 Å². The van der Waals surface area contributed by atoms with Gasteiger partial charge in [0.25, 0.3) is 0 Å². The number of aromatic nitrogens is 3. The van der Waals surface area contributed by atoms with Crippen LogP contribution in [0.3, 0.4) is 0 Å². The summed E-state index contributed by atoms with van der Waals surface area (Å²) in [5.41, 5.74) is 2.22. The van der Waals surface area contributed by atoms with Crippen molar-refractivity contribution in [2.45, 2.75) is 18.9 Å². The van der Waals surface area contributed by atoms with Crippen molar-refractivity contribution in [1.29, 1.82) is 0 Å². The van der Waals surface area contributed by atoms with Gasteiger partial charge in [0.05, 0.1) is 13.0 Å². The molecule has 1 atom stereocenters. The average Bonchev–Trinajstić information content (AvgIpc) is 3.22. The van der Waals surface area contributed by atoms with Crippen LogP contribution in [0.25, 0.3) is 10.9 Å². The standard InChI is InChI=1S/C19H20N4O2/c1-22-11-14(16-4-2-3-5-17(16)22)10-19(24)23-9-7-15(12-23)25-18-6-8-20-13-21-18/h2-6,8,11,13,15H,7,9-10,12H2,1H3/t15-/m0/s1. The van der Waals surface area contributed by atoms with Gasteiger partial charge in [0, 0.05) is 49.4 Å². The first-order chi connectivity index (χ1) is 12.2. The smallest absolute Gasteiger partial charge is 0.227 e. The van der Waals surface area contributed by atoms with E-state index in [0.717, 1.165) is 29.4 Å². The third-order valence-corrected chi connectivity index (χ3v) is 4.66. The number of amides is 1. The third kappa shape index (κ3) is 3.20. The molecule has 1 saturated heterocycles. The molecule has 0 aliphatic carbocycles. The summed E-state index contributed by atoms with van der Waals surface area (Å²) < 4.78 is 7.90. The molecule has 1 fully saturated rings. The van der Waals surface area contributed by atoms with E-state index in [2.05, 4.69) is 26.7 Å². The van der Waals surface area contributed by atoms with Crippen LogP contribution in [-0.2, 0) is 18.3 Å². The van der Waals surface area contributed by atoms with Gasteiger partial charge in [-0.1, -0.05) is 18.2 Å². The predicted octanol–water partition coefficient (Wildman–Crippen LogP) is 2.19. The first-order valence-corrected chi connectivity index (χ1v) is 8.44. The Kier molecular flexibility index (Phi) is 4.09. The highest BCUT2D eigenvalue weighted by Gasteiger charge is 2.28. The highest BCUT2D eigenvalue weighted by Crippen LogP contribution is 2.22. The molecule has 0 radical (unpaired) electrons. The second-order valence-corrected chi connectivity index (χ2v) is 6.38. The molecule has 1 aliphatic heterocycles. The zero-order valence-corrected chi connectivity index (χ0v) is 14.1. The maximum Gasteiger partial charge on any atom is 0.227 e. The number of ether oxygens (including phenoxy) is 1. The van der Waals surface area contributed by atoms with Crippen molar-refractivity contribution < 1.29 is 9.53 Å². The van der Waals surface area contributed by atoms with Crippen LogP contribution in [0.5, 0.6) is 5.88 Å². The molecule has 4 rings (SSSR count). The van der Waals surface area contributed by atoms with Gasteiger partial charge in [-0.05, 0) is 11.6 Å². The summed E-state index contributed by atoms with van der Waals surface area (Å²) in [4.78, 5) is 22.5. The Hall–Kier alpha value is -2.89. The number of carbonyl (C=O) groups is 1. The Morgan fingerprint density at radius 3 is 3.04 bits per heavy atom. The molecule has 128 valence electrons. The quantitative estimate of drug-likeness (QED) is 0.733. The van der Waals surface area contributed by atoms with Crippen LogP contribution in [0, 0.1) is 0 Å². The van der Waals surface area contributed by atoms with Gasteiger partial charge in [-0.25, -0.2) is 9.97 Å². The zero-order chi connectivity index (χ0) is 17.2. The first kappa shape index (κ1) is 15.6. The van der Waals surface area contributed by atoms with Gasteiger partial charge in [0.1, 0.15) is 12.4 Å². The van der Waals surface area contributed by atoms with Crippen LogP contribution < -0.4 is 4.74 Å². The van der Waals surface area contributed by atoms with Crippen LogP contribution in [-0.4, -0.2) is 44.5 Å². The van der Waals surface area contributed by atoms with E-state index < -0.39 is 0 Å². The molecule has 0 spiro atoms. The van der Waals surface area contributed by atoms with E-state index in [4.69, 9.17) is 4.74 Å². The Balaban J connectivity index is 1.42. The van der Waals surface area contributed by atoms with E-state index in [9.17, 15) is 4.79 Å². The average molecular weight is 336 g/mol. The lowest BCUT2D eigenvalue weighted by molar-refractivity contribution is -0.129. The Labute approximate surface area is 146 Å². The third-order valence-electron chi connectivity index (χ3n) is 4.66. The summed E-state index contributed by atoms with van der Waals surface area (Å²) in [5.74, 6) is 0.702. The predicted molar refractivity (Wildman–Crippen MR) is 94.3 cm³/mol. The fourth-order valence-corrected chi connectivity index (χ4v) is 3.41. The summed E-state index contributed by atoms with van der Waals surface area (Å²) in [6.07, 6.45) is 6.40. The lowest BCUT2D eigenvalue weighted by atomic mass is 10.1. The maximum absolute atomic E-state index is 12.7. The van der Waals surface area contributed by atoms with Crippen LogP contribution >= 0.6 is 0 Å². The zero-order valence-electron chi connectivity index (χ0n) is 14.1. The summed E-state index contributed by atoms with van der Waals surface area (Å²) in [7, 11) is 2.01. The van der Waals surface area contributed by atoms with Crippen molar-refractivity contribution in [2.75, 3.05) is 13.1 Å². The van der Waals surface area contributed by atoms with Gasteiger partial charge in [-0.15, -0.1) is 0 Å². The van der Waals surface area contributed by atoms with Gasteiger partial charge in [-0.3, -0.25) is 4.79 Å².